The van der Waals surface area contributed by atoms with Gasteiger partial charge < -0.3 is 15.5 Å². The Bertz CT molecular complexity index is 1330. The molecule has 1 aromatic heterocycles. The molecule has 4 aliphatic carbocycles. The second-order valence-electron chi connectivity index (χ2n) is 12.0. The summed E-state index contributed by atoms with van der Waals surface area (Å²) in [6.45, 7) is 6.07. The van der Waals surface area contributed by atoms with Crippen molar-refractivity contribution >= 4 is 28.4 Å². The second-order valence-corrected chi connectivity index (χ2v) is 12.0. The highest BCUT2D eigenvalue weighted by Gasteiger charge is 2.70. The largest absolute Gasteiger partial charge is 0.393 e. The van der Waals surface area contributed by atoms with Gasteiger partial charge in [-0.25, -0.2) is 4.98 Å². The zero-order chi connectivity index (χ0) is 25.5. The number of aliphatic hydroxyl groups excluding tert-OH is 1. The number of fused-ring (bicyclic) bond motifs is 6. The number of allylic oxidation sites excluding steroid dienone is 4. The van der Waals surface area contributed by atoms with E-state index in [2.05, 4.69) is 17.2 Å². The molecule has 3 N–H and O–H groups in total. The Hall–Kier alpha value is -2.83. The highest BCUT2D eigenvalue weighted by atomic mass is 16.3. The van der Waals surface area contributed by atoms with E-state index < -0.39 is 23.0 Å². The van der Waals surface area contributed by atoms with Gasteiger partial charge in [-0.2, -0.15) is 0 Å². The smallest absolute Gasteiger partial charge is 0.258 e. The quantitative estimate of drug-likeness (QED) is 0.583. The van der Waals surface area contributed by atoms with Crippen molar-refractivity contribution in [3.05, 3.63) is 60.2 Å². The van der Waals surface area contributed by atoms with Gasteiger partial charge in [0.15, 0.2) is 11.4 Å². The molecule has 3 fully saturated rings. The van der Waals surface area contributed by atoms with Crippen LogP contribution < -0.4 is 5.32 Å². The fourth-order valence-electron chi connectivity index (χ4n) is 8.49. The zero-order valence-electron chi connectivity index (χ0n) is 21.1. The van der Waals surface area contributed by atoms with Gasteiger partial charge in [-0.3, -0.25) is 9.59 Å². The van der Waals surface area contributed by atoms with Gasteiger partial charge >= 0.3 is 0 Å². The van der Waals surface area contributed by atoms with Gasteiger partial charge in [0.1, 0.15) is 5.82 Å². The summed E-state index contributed by atoms with van der Waals surface area (Å²) in [6, 6.07) is 11.4. The fraction of sp³-hybridized carbons (Fsp3) is 0.500. The predicted molar refractivity (Wildman–Crippen MR) is 138 cm³/mol. The second kappa shape index (κ2) is 7.83. The standard InChI is InChI=1S/C30H34N2O4/c1-17-14-22-21-10-9-19-15-20(33)12-13-28(19,2)26(21)24(34)16-29(22,3)30(17,36)27(35)32-25-11-8-18-6-4-5-7-23(18)31-25/h4-8,11-13,15,17,21-22,24,26,34,36H,9-10,14,16H2,1-3H3,(H,31,32,35)/t17-,21?,22?,24?,26?,28?,29?,30+/m1/s1. The first-order valence-corrected chi connectivity index (χ1v) is 13.1. The molecule has 6 heteroatoms. The average molecular weight is 487 g/mol. The third-order valence-corrected chi connectivity index (χ3v) is 10.3. The van der Waals surface area contributed by atoms with Crippen LogP contribution >= 0.6 is 0 Å². The molecule has 2 aromatic rings. The van der Waals surface area contributed by atoms with Crippen LogP contribution in [0.5, 0.6) is 0 Å². The van der Waals surface area contributed by atoms with Crippen LogP contribution in [0.4, 0.5) is 5.82 Å². The minimum atomic E-state index is -1.63. The van der Waals surface area contributed by atoms with Crippen molar-refractivity contribution < 1.29 is 19.8 Å². The van der Waals surface area contributed by atoms with E-state index in [0.717, 1.165) is 35.7 Å². The lowest BCUT2D eigenvalue weighted by atomic mass is 9.46. The molecule has 0 bridgehead atoms. The Balaban J connectivity index is 1.33. The lowest BCUT2D eigenvalue weighted by Crippen LogP contribution is -2.63. The summed E-state index contributed by atoms with van der Waals surface area (Å²) >= 11 is 0. The molecule has 0 saturated heterocycles. The van der Waals surface area contributed by atoms with Gasteiger partial charge in [-0.1, -0.05) is 50.6 Å². The van der Waals surface area contributed by atoms with Crippen molar-refractivity contribution in [1.29, 1.82) is 0 Å². The molecule has 0 aliphatic heterocycles. The number of rotatable bonds is 2. The average Bonchev–Trinajstić information content (AvgIpc) is 3.05. The number of pyridine rings is 1. The summed E-state index contributed by atoms with van der Waals surface area (Å²) < 4.78 is 0. The molecule has 6 nitrogen and oxygen atoms in total. The molecule has 6 rings (SSSR count). The SMILES string of the molecule is C[C@@H]1CC2C3CCC4=CC(=O)C=CC4(C)C3C(O)CC2(C)[C@@]1(O)C(=O)Nc1ccc2ccccc2n1. The van der Waals surface area contributed by atoms with Crippen LogP contribution in [0, 0.1) is 34.5 Å². The number of nitrogens with zero attached hydrogens (tertiary/aromatic N) is 1. The van der Waals surface area contributed by atoms with Gasteiger partial charge in [-0.05, 0) is 73.8 Å². The van der Waals surface area contributed by atoms with Crippen LogP contribution in [-0.4, -0.2) is 38.6 Å². The predicted octanol–water partition coefficient (Wildman–Crippen LogP) is 4.43. The Morgan fingerprint density at radius 2 is 1.94 bits per heavy atom. The van der Waals surface area contributed by atoms with Crippen LogP contribution in [0.1, 0.15) is 46.5 Å². The van der Waals surface area contributed by atoms with Crippen molar-refractivity contribution in [2.75, 3.05) is 5.32 Å². The van der Waals surface area contributed by atoms with Crippen LogP contribution in [0.2, 0.25) is 0 Å². The third kappa shape index (κ3) is 3.07. The number of ketones is 1. The van der Waals surface area contributed by atoms with Gasteiger partial charge in [0.25, 0.3) is 5.91 Å². The molecule has 1 heterocycles. The Morgan fingerprint density at radius 3 is 2.75 bits per heavy atom. The molecule has 1 aromatic carbocycles. The van der Waals surface area contributed by atoms with Gasteiger partial charge in [0.2, 0.25) is 0 Å². The van der Waals surface area contributed by atoms with Crippen molar-refractivity contribution in [2.45, 2.75) is 58.2 Å². The number of aliphatic hydroxyl groups is 2. The van der Waals surface area contributed by atoms with E-state index in [1.54, 1.807) is 18.2 Å². The maximum atomic E-state index is 13.8. The van der Waals surface area contributed by atoms with Gasteiger partial charge in [-0.15, -0.1) is 0 Å². The molecular weight excluding hydrogens is 452 g/mol. The topological polar surface area (TPSA) is 99.5 Å². The van der Waals surface area contributed by atoms with E-state index in [4.69, 9.17) is 0 Å². The molecule has 0 radical (unpaired) electrons. The molecule has 0 spiro atoms. The minimum absolute atomic E-state index is 0.0129. The molecular formula is C30H34N2O4. The summed E-state index contributed by atoms with van der Waals surface area (Å²) in [5, 5.41) is 27.7. The number of para-hydroxylation sites is 1. The monoisotopic (exact) mass is 486 g/mol. The maximum absolute atomic E-state index is 13.8. The summed E-state index contributed by atoms with van der Waals surface area (Å²) in [6.07, 6.45) is 7.37. The Morgan fingerprint density at radius 1 is 1.17 bits per heavy atom. The number of anilines is 1. The fourth-order valence-corrected chi connectivity index (χ4v) is 8.49. The van der Waals surface area contributed by atoms with Crippen molar-refractivity contribution in [3.63, 3.8) is 0 Å². The third-order valence-electron chi connectivity index (χ3n) is 10.3. The van der Waals surface area contributed by atoms with Crippen LogP contribution in [0.3, 0.4) is 0 Å². The number of aromatic nitrogens is 1. The molecule has 36 heavy (non-hydrogen) atoms. The molecule has 6 unspecified atom stereocenters. The summed E-state index contributed by atoms with van der Waals surface area (Å²) in [5.41, 5.74) is -0.911. The van der Waals surface area contributed by atoms with E-state index in [1.165, 1.54) is 0 Å². The van der Waals surface area contributed by atoms with Crippen molar-refractivity contribution in [3.8, 4) is 0 Å². The molecule has 8 atom stereocenters. The van der Waals surface area contributed by atoms with Crippen LogP contribution in [0.15, 0.2) is 60.2 Å². The van der Waals surface area contributed by atoms with Gasteiger partial charge in [0, 0.05) is 22.1 Å². The van der Waals surface area contributed by atoms with E-state index in [9.17, 15) is 19.8 Å². The number of hydrogen-bond acceptors (Lipinski definition) is 5. The summed E-state index contributed by atoms with van der Waals surface area (Å²) in [7, 11) is 0. The number of benzene rings is 1. The summed E-state index contributed by atoms with van der Waals surface area (Å²) in [5.74, 6) is -0.0880. The molecule has 188 valence electrons. The van der Waals surface area contributed by atoms with E-state index >= 15 is 0 Å². The number of nitrogens with one attached hydrogen (secondary N) is 1. The Labute approximate surface area is 211 Å². The highest BCUT2D eigenvalue weighted by molar-refractivity contribution is 6.01. The maximum Gasteiger partial charge on any atom is 0.258 e. The van der Waals surface area contributed by atoms with Crippen LogP contribution in [0.25, 0.3) is 10.9 Å². The van der Waals surface area contributed by atoms with E-state index in [0.29, 0.717) is 12.2 Å². The first kappa shape index (κ1) is 23.6. The molecule has 3 saturated carbocycles. The number of carbonyl (C=O) groups excluding carboxylic acids is 2. The minimum Gasteiger partial charge on any atom is -0.393 e. The van der Waals surface area contributed by atoms with Crippen molar-refractivity contribution in [1.82, 2.24) is 4.98 Å². The Kier molecular flexibility index (Phi) is 5.13. The normalized spacial score (nSPS) is 41.3. The number of carbonyl (C=O) groups is 2. The number of amides is 1. The zero-order valence-corrected chi connectivity index (χ0v) is 21.1. The van der Waals surface area contributed by atoms with Crippen LogP contribution in [-0.2, 0) is 9.59 Å². The lowest BCUT2D eigenvalue weighted by molar-refractivity contribution is -0.179. The number of hydrogen-bond donors (Lipinski definition) is 3. The van der Waals surface area contributed by atoms with E-state index in [-0.39, 0.29) is 34.9 Å². The molecule has 1 amide bonds. The first-order valence-electron chi connectivity index (χ1n) is 13.1. The molecule has 4 aliphatic rings. The highest BCUT2D eigenvalue weighted by Crippen LogP contribution is 2.68. The first-order chi connectivity index (χ1) is 17.1. The lowest BCUT2D eigenvalue weighted by Gasteiger charge is -2.59. The van der Waals surface area contributed by atoms with E-state index in [1.807, 2.05) is 50.3 Å². The van der Waals surface area contributed by atoms with Crippen molar-refractivity contribution in [2.24, 2.45) is 34.5 Å². The van der Waals surface area contributed by atoms with Gasteiger partial charge in [0.05, 0.1) is 11.6 Å². The summed E-state index contributed by atoms with van der Waals surface area (Å²) in [4.78, 5) is 30.4.